The van der Waals surface area contributed by atoms with Crippen molar-refractivity contribution in [2.24, 2.45) is 5.92 Å². The number of hydrogen-bond acceptors (Lipinski definition) is 2. The molecule has 0 amide bonds. The van der Waals surface area contributed by atoms with E-state index >= 15 is 0 Å². The van der Waals surface area contributed by atoms with E-state index in [1.807, 2.05) is 0 Å². The van der Waals surface area contributed by atoms with E-state index in [2.05, 4.69) is 0 Å². The first kappa shape index (κ1) is 12.9. The summed E-state index contributed by atoms with van der Waals surface area (Å²) in [6, 6.07) is 5.22. The van der Waals surface area contributed by atoms with Crippen LogP contribution < -0.4 is 5.73 Å². The van der Waals surface area contributed by atoms with E-state index in [0.29, 0.717) is 16.6 Å². The Kier molecular flexibility index (Phi) is 4.46. The van der Waals surface area contributed by atoms with Gasteiger partial charge in [0.25, 0.3) is 0 Å². The summed E-state index contributed by atoms with van der Waals surface area (Å²) in [5, 5.41) is 0.598. The molecule has 2 nitrogen and oxygen atoms in total. The molecule has 0 saturated heterocycles. The minimum atomic E-state index is -0.984. The maximum absolute atomic E-state index is 12.2. The Morgan fingerprint density at radius 2 is 2.00 bits per heavy atom. The molecule has 1 aliphatic rings. The van der Waals surface area contributed by atoms with Crippen molar-refractivity contribution in [1.29, 1.82) is 0 Å². The summed E-state index contributed by atoms with van der Waals surface area (Å²) in [6.45, 7) is 0. The molecule has 1 aromatic rings. The second-order valence-electron chi connectivity index (χ2n) is 4.70. The quantitative estimate of drug-likeness (QED) is 0.854. The lowest BCUT2D eigenvalue weighted by Gasteiger charge is -2.21. The predicted octanol–water partition coefficient (Wildman–Crippen LogP) is 3.61. The molecule has 0 bridgehead atoms. The highest BCUT2D eigenvalue weighted by Gasteiger charge is 2.18. The van der Waals surface area contributed by atoms with E-state index in [9.17, 15) is 4.21 Å². The standard InChI is InChI=1S/C13H18ClNOS/c14-11-6-7-13(12(15)8-11)17(16)9-10-4-2-1-3-5-10/h6-8,10H,1-5,9,15H2. The van der Waals surface area contributed by atoms with E-state index in [4.69, 9.17) is 17.3 Å². The third-order valence-electron chi connectivity index (χ3n) is 3.33. The zero-order valence-electron chi connectivity index (χ0n) is 9.82. The summed E-state index contributed by atoms with van der Waals surface area (Å²) in [6.07, 6.45) is 6.29. The van der Waals surface area contributed by atoms with E-state index in [1.54, 1.807) is 18.2 Å². The number of hydrogen-bond donors (Lipinski definition) is 1. The molecule has 1 saturated carbocycles. The van der Waals surface area contributed by atoms with Gasteiger partial charge in [-0.15, -0.1) is 0 Å². The Morgan fingerprint density at radius 3 is 2.65 bits per heavy atom. The van der Waals surface area contributed by atoms with Crippen molar-refractivity contribution in [3.8, 4) is 0 Å². The SMILES string of the molecule is Nc1cc(Cl)ccc1S(=O)CC1CCCCC1. The third kappa shape index (κ3) is 3.46. The lowest BCUT2D eigenvalue weighted by Crippen LogP contribution is -2.15. The third-order valence-corrected chi connectivity index (χ3v) is 5.20. The molecule has 1 aliphatic carbocycles. The summed E-state index contributed by atoms with van der Waals surface area (Å²) in [5.41, 5.74) is 6.40. The Hall–Kier alpha value is -0.540. The molecule has 2 N–H and O–H groups in total. The largest absolute Gasteiger partial charge is 0.398 e. The van der Waals surface area contributed by atoms with Crippen LogP contribution in [-0.2, 0) is 10.8 Å². The molecule has 2 rings (SSSR count). The van der Waals surface area contributed by atoms with Crippen LogP contribution >= 0.6 is 11.6 Å². The highest BCUT2D eigenvalue weighted by molar-refractivity contribution is 7.85. The van der Waals surface area contributed by atoms with E-state index in [0.717, 1.165) is 10.6 Å². The van der Waals surface area contributed by atoms with Gasteiger partial charge in [0.2, 0.25) is 0 Å². The van der Waals surface area contributed by atoms with Crippen molar-refractivity contribution in [3.05, 3.63) is 23.2 Å². The summed E-state index contributed by atoms with van der Waals surface area (Å²) >= 11 is 5.83. The molecule has 0 spiro atoms. The molecule has 1 aromatic carbocycles. The average molecular weight is 272 g/mol. The molecule has 0 aliphatic heterocycles. The second-order valence-corrected chi connectivity index (χ2v) is 6.60. The highest BCUT2D eigenvalue weighted by Crippen LogP contribution is 2.28. The highest BCUT2D eigenvalue weighted by atomic mass is 35.5. The molecule has 0 heterocycles. The first-order chi connectivity index (χ1) is 8.16. The van der Waals surface area contributed by atoms with Crippen LogP contribution in [0.4, 0.5) is 5.69 Å². The number of rotatable bonds is 3. The fourth-order valence-electron chi connectivity index (χ4n) is 2.38. The first-order valence-corrected chi connectivity index (χ1v) is 7.80. The van der Waals surface area contributed by atoms with Crippen LogP contribution in [0.2, 0.25) is 5.02 Å². The van der Waals surface area contributed by atoms with Crippen LogP contribution in [0.3, 0.4) is 0 Å². The Balaban J connectivity index is 2.03. The lowest BCUT2D eigenvalue weighted by molar-refractivity contribution is 0.388. The zero-order valence-corrected chi connectivity index (χ0v) is 11.4. The van der Waals surface area contributed by atoms with Crippen LogP contribution in [0, 0.1) is 5.92 Å². The normalized spacial score (nSPS) is 19.1. The van der Waals surface area contributed by atoms with Gasteiger partial charge in [-0.2, -0.15) is 0 Å². The second kappa shape index (κ2) is 5.87. The van der Waals surface area contributed by atoms with E-state index in [1.165, 1.54) is 32.1 Å². The van der Waals surface area contributed by atoms with Crippen molar-refractivity contribution in [2.45, 2.75) is 37.0 Å². The number of anilines is 1. The van der Waals surface area contributed by atoms with Gasteiger partial charge in [0.05, 0.1) is 15.7 Å². The number of halogens is 1. The van der Waals surface area contributed by atoms with Gasteiger partial charge in [0, 0.05) is 16.5 Å². The minimum Gasteiger partial charge on any atom is -0.398 e. The molecule has 17 heavy (non-hydrogen) atoms. The van der Waals surface area contributed by atoms with Gasteiger partial charge in [-0.3, -0.25) is 4.21 Å². The number of nitrogen functional groups attached to an aromatic ring is 1. The van der Waals surface area contributed by atoms with Gasteiger partial charge >= 0.3 is 0 Å². The Bertz CT molecular complexity index is 416. The van der Waals surface area contributed by atoms with Gasteiger partial charge in [-0.1, -0.05) is 30.9 Å². The van der Waals surface area contributed by atoms with Crippen LogP contribution in [0.5, 0.6) is 0 Å². The summed E-state index contributed by atoms with van der Waals surface area (Å²) in [7, 11) is -0.984. The maximum Gasteiger partial charge on any atom is 0.0618 e. The van der Waals surface area contributed by atoms with Gasteiger partial charge in [-0.25, -0.2) is 0 Å². The van der Waals surface area contributed by atoms with E-state index < -0.39 is 10.8 Å². The molecule has 1 atom stereocenters. The molecule has 0 radical (unpaired) electrons. The van der Waals surface area contributed by atoms with Crippen molar-refractivity contribution < 1.29 is 4.21 Å². The van der Waals surface area contributed by atoms with Gasteiger partial charge in [0.15, 0.2) is 0 Å². The number of benzene rings is 1. The number of nitrogens with two attached hydrogens (primary N) is 1. The van der Waals surface area contributed by atoms with Gasteiger partial charge < -0.3 is 5.73 Å². The molecule has 1 unspecified atom stereocenters. The van der Waals surface area contributed by atoms with E-state index in [-0.39, 0.29) is 0 Å². The van der Waals surface area contributed by atoms with Crippen LogP contribution in [-0.4, -0.2) is 9.96 Å². The Labute approximate surface area is 110 Å². The smallest absolute Gasteiger partial charge is 0.0618 e. The van der Waals surface area contributed by atoms with Crippen LogP contribution in [0.15, 0.2) is 23.1 Å². The predicted molar refractivity (Wildman–Crippen MR) is 73.7 cm³/mol. The fraction of sp³-hybridized carbons (Fsp3) is 0.538. The molecule has 0 aromatic heterocycles. The maximum atomic E-state index is 12.2. The average Bonchev–Trinajstić information content (AvgIpc) is 2.30. The van der Waals surface area contributed by atoms with Crippen molar-refractivity contribution >= 4 is 28.1 Å². The first-order valence-electron chi connectivity index (χ1n) is 6.10. The summed E-state index contributed by atoms with van der Waals surface area (Å²) < 4.78 is 12.2. The minimum absolute atomic E-state index is 0.548. The van der Waals surface area contributed by atoms with Crippen LogP contribution in [0.25, 0.3) is 0 Å². The molecule has 1 fully saturated rings. The zero-order chi connectivity index (χ0) is 12.3. The van der Waals surface area contributed by atoms with Crippen molar-refractivity contribution in [2.75, 3.05) is 11.5 Å². The van der Waals surface area contributed by atoms with Crippen molar-refractivity contribution in [1.82, 2.24) is 0 Å². The lowest BCUT2D eigenvalue weighted by atomic mass is 9.91. The van der Waals surface area contributed by atoms with Crippen molar-refractivity contribution in [3.63, 3.8) is 0 Å². The Morgan fingerprint density at radius 1 is 1.29 bits per heavy atom. The van der Waals surface area contributed by atoms with Gasteiger partial charge in [0.1, 0.15) is 0 Å². The summed E-state index contributed by atoms with van der Waals surface area (Å²) in [5.74, 6) is 1.34. The molecular weight excluding hydrogens is 254 g/mol. The monoisotopic (exact) mass is 271 g/mol. The summed E-state index contributed by atoms with van der Waals surface area (Å²) in [4.78, 5) is 0.736. The van der Waals surface area contributed by atoms with Gasteiger partial charge in [-0.05, 0) is 37.0 Å². The topological polar surface area (TPSA) is 43.1 Å². The molecular formula is C13H18ClNOS. The fourth-order valence-corrected chi connectivity index (χ4v) is 4.05. The molecule has 4 heteroatoms. The molecule has 94 valence electrons. The van der Waals surface area contributed by atoms with Crippen LogP contribution in [0.1, 0.15) is 32.1 Å².